The molecule has 0 saturated carbocycles. The molecule has 0 aliphatic heterocycles. The van der Waals surface area contributed by atoms with Crippen LogP contribution < -0.4 is 0 Å². The van der Waals surface area contributed by atoms with Crippen LogP contribution in [0.2, 0.25) is 0 Å². The van der Waals surface area contributed by atoms with Crippen molar-refractivity contribution in [2.75, 3.05) is 0 Å². The highest BCUT2D eigenvalue weighted by atomic mass is 79.9. The smallest absolute Gasteiger partial charge is 0.312 e. The maximum Gasteiger partial charge on any atom is 0.312 e. The van der Waals surface area contributed by atoms with Crippen molar-refractivity contribution in [2.24, 2.45) is 4.99 Å². The fraction of sp³-hybridized carbons (Fsp3) is 0.235. The number of halogens is 1. The van der Waals surface area contributed by atoms with E-state index >= 15 is 0 Å². The lowest BCUT2D eigenvalue weighted by Crippen LogP contribution is -1.94. The van der Waals surface area contributed by atoms with Crippen LogP contribution >= 0.6 is 15.9 Å². The Kier molecular flexibility index (Phi) is 5.50. The normalized spacial score (nSPS) is 12.5. The zero-order valence-corrected chi connectivity index (χ0v) is 14.4. The number of aliphatic imine (C=N–C) groups is 1. The minimum absolute atomic E-state index is 0.296. The van der Waals surface area contributed by atoms with Crippen molar-refractivity contribution in [1.82, 2.24) is 0 Å². The summed E-state index contributed by atoms with van der Waals surface area (Å²) in [6.45, 7) is 4.23. The second kappa shape index (κ2) is 7.37. The summed E-state index contributed by atoms with van der Waals surface area (Å²) in [6, 6.07) is 10.6. The van der Waals surface area contributed by atoms with E-state index in [1.165, 1.54) is 12.3 Å². The summed E-state index contributed by atoms with van der Waals surface area (Å²) in [5.74, 6) is -0.0308. The quantitative estimate of drug-likeness (QED) is 0.435. The average molecular weight is 377 g/mol. The first-order valence-electron chi connectivity index (χ1n) is 7.24. The highest BCUT2D eigenvalue weighted by molar-refractivity contribution is 9.10. The summed E-state index contributed by atoms with van der Waals surface area (Å²) >= 11 is 3.21. The van der Waals surface area contributed by atoms with Crippen LogP contribution in [0.5, 0.6) is 5.75 Å². The fourth-order valence-electron chi connectivity index (χ4n) is 2.22. The molecule has 1 atom stereocenters. The molecule has 23 heavy (non-hydrogen) atoms. The first kappa shape index (κ1) is 17.1. The number of aromatic hydroxyl groups is 1. The zero-order chi connectivity index (χ0) is 17.0. The van der Waals surface area contributed by atoms with Gasteiger partial charge >= 0.3 is 5.69 Å². The number of para-hydroxylation sites is 1. The van der Waals surface area contributed by atoms with Crippen LogP contribution in [0.4, 0.5) is 11.4 Å². The first-order chi connectivity index (χ1) is 10.9. The molecule has 0 radical (unpaired) electrons. The fourth-order valence-corrected chi connectivity index (χ4v) is 2.69. The van der Waals surface area contributed by atoms with E-state index in [1.807, 2.05) is 24.3 Å². The number of hydrogen-bond acceptors (Lipinski definition) is 4. The first-order valence-corrected chi connectivity index (χ1v) is 8.03. The third kappa shape index (κ3) is 3.96. The number of phenols is 1. The molecule has 5 nitrogen and oxygen atoms in total. The van der Waals surface area contributed by atoms with Gasteiger partial charge in [-0.3, -0.25) is 15.1 Å². The molecule has 0 amide bonds. The van der Waals surface area contributed by atoms with Crippen LogP contribution in [0, 0.1) is 10.1 Å². The van der Waals surface area contributed by atoms with Crippen molar-refractivity contribution < 1.29 is 10.0 Å². The van der Waals surface area contributed by atoms with E-state index in [9.17, 15) is 15.2 Å². The summed E-state index contributed by atoms with van der Waals surface area (Å²) in [4.78, 5) is 14.8. The van der Waals surface area contributed by atoms with Crippen LogP contribution in [0.15, 0.2) is 45.9 Å². The summed E-state index contributed by atoms with van der Waals surface area (Å²) in [7, 11) is 0. The molecule has 0 aromatic heterocycles. The van der Waals surface area contributed by atoms with Crippen molar-refractivity contribution in [3.8, 4) is 5.75 Å². The molecule has 0 saturated heterocycles. The van der Waals surface area contributed by atoms with Gasteiger partial charge in [0.1, 0.15) is 0 Å². The summed E-state index contributed by atoms with van der Waals surface area (Å²) in [6.07, 6.45) is 2.44. The lowest BCUT2D eigenvalue weighted by atomic mass is 9.97. The number of phenolic OH excluding ortho intramolecular Hbond substituents is 1. The maximum absolute atomic E-state index is 11.0. The van der Waals surface area contributed by atoms with E-state index < -0.39 is 4.92 Å². The van der Waals surface area contributed by atoms with Gasteiger partial charge in [-0.25, -0.2) is 0 Å². The Morgan fingerprint density at radius 1 is 1.39 bits per heavy atom. The van der Waals surface area contributed by atoms with Crippen molar-refractivity contribution >= 4 is 33.5 Å². The molecule has 2 aromatic rings. The molecule has 2 aromatic carbocycles. The molecule has 0 aliphatic rings. The summed E-state index contributed by atoms with van der Waals surface area (Å²) in [5, 5.41) is 21.0. The Morgan fingerprint density at radius 3 is 2.74 bits per heavy atom. The summed E-state index contributed by atoms with van der Waals surface area (Å²) in [5.41, 5.74) is 1.85. The molecule has 0 unspecified atom stereocenters. The second-order valence-electron chi connectivity index (χ2n) is 5.25. The molecule has 0 heterocycles. The van der Waals surface area contributed by atoms with E-state index in [-0.39, 0.29) is 11.4 Å². The Bertz CT molecular complexity index is 759. The van der Waals surface area contributed by atoms with Gasteiger partial charge in [-0.1, -0.05) is 48.0 Å². The summed E-state index contributed by atoms with van der Waals surface area (Å²) < 4.78 is 0.513. The number of nitro groups is 1. The van der Waals surface area contributed by atoms with Gasteiger partial charge < -0.3 is 5.11 Å². The van der Waals surface area contributed by atoms with Crippen molar-refractivity contribution in [3.05, 3.63) is 62.1 Å². The zero-order valence-electron chi connectivity index (χ0n) is 12.9. The van der Waals surface area contributed by atoms with Gasteiger partial charge in [-0.05, 0) is 30.0 Å². The van der Waals surface area contributed by atoms with Crippen LogP contribution in [-0.4, -0.2) is 16.2 Å². The van der Waals surface area contributed by atoms with E-state index in [2.05, 4.69) is 34.8 Å². The third-order valence-corrected chi connectivity index (χ3v) is 4.16. The van der Waals surface area contributed by atoms with Gasteiger partial charge in [0.05, 0.1) is 10.6 Å². The largest absolute Gasteiger partial charge is 0.502 e. The molecule has 0 bridgehead atoms. The minimum Gasteiger partial charge on any atom is -0.502 e. The minimum atomic E-state index is -0.620. The van der Waals surface area contributed by atoms with E-state index in [0.29, 0.717) is 16.0 Å². The monoisotopic (exact) mass is 376 g/mol. The van der Waals surface area contributed by atoms with E-state index in [0.717, 1.165) is 17.7 Å². The van der Waals surface area contributed by atoms with Crippen molar-refractivity contribution in [2.45, 2.75) is 26.2 Å². The topological polar surface area (TPSA) is 75.7 Å². The van der Waals surface area contributed by atoms with Crippen LogP contribution in [-0.2, 0) is 0 Å². The average Bonchev–Trinajstić information content (AvgIpc) is 2.54. The van der Waals surface area contributed by atoms with Gasteiger partial charge in [-0.15, -0.1) is 0 Å². The molecule has 0 spiro atoms. The predicted octanol–water partition coefficient (Wildman–Crippen LogP) is 5.33. The molecule has 120 valence electrons. The lowest BCUT2D eigenvalue weighted by molar-refractivity contribution is -0.385. The van der Waals surface area contributed by atoms with Crippen LogP contribution in [0.1, 0.15) is 37.3 Å². The number of benzene rings is 2. The predicted molar refractivity (Wildman–Crippen MR) is 94.9 cm³/mol. The van der Waals surface area contributed by atoms with Gasteiger partial charge in [0.15, 0.2) is 0 Å². The third-order valence-electron chi connectivity index (χ3n) is 3.70. The molecule has 6 heteroatoms. The Labute approximate surface area is 143 Å². The maximum atomic E-state index is 11.0. The van der Waals surface area contributed by atoms with Crippen LogP contribution in [0.25, 0.3) is 0 Å². The molecule has 0 fully saturated rings. The molecule has 1 N–H and O–H groups in total. The molecular weight excluding hydrogens is 360 g/mol. The van der Waals surface area contributed by atoms with Gasteiger partial charge in [0.25, 0.3) is 0 Å². The second-order valence-corrected chi connectivity index (χ2v) is 6.16. The van der Waals surface area contributed by atoms with Crippen LogP contribution in [0.3, 0.4) is 0 Å². The standard InChI is InChI=1S/C17H17BrN2O3/c1-3-11(2)14-6-4-5-7-15(14)19-10-12-8-13(18)9-16(17(12)21)20(22)23/h4-11,21H,3H2,1-2H3/t11-/m1/s1. The van der Waals surface area contributed by atoms with Gasteiger partial charge in [0.2, 0.25) is 5.75 Å². The van der Waals surface area contributed by atoms with Crippen molar-refractivity contribution in [1.29, 1.82) is 0 Å². The van der Waals surface area contributed by atoms with Crippen molar-refractivity contribution in [3.63, 3.8) is 0 Å². The number of rotatable bonds is 5. The van der Waals surface area contributed by atoms with Gasteiger partial charge in [0, 0.05) is 22.3 Å². The van der Waals surface area contributed by atoms with E-state index in [1.54, 1.807) is 6.07 Å². The highest BCUT2D eigenvalue weighted by Crippen LogP contribution is 2.33. The lowest BCUT2D eigenvalue weighted by Gasteiger charge is -2.11. The number of nitrogens with zero attached hydrogens (tertiary/aromatic N) is 2. The highest BCUT2D eigenvalue weighted by Gasteiger charge is 2.17. The Balaban J connectivity index is 2.44. The SMILES string of the molecule is CC[C@@H](C)c1ccccc1N=Cc1cc(Br)cc([N+](=O)[O-])c1O. The Morgan fingerprint density at radius 2 is 2.09 bits per heavy atom. The van der Waals surface area contributed by atoms with E-state index in [4.69, 9.17) is 0 Å². The molecule has 0 aliphatic carbocycles. The van der Waals surface area contributed by atoms with Gasteiger partial charge in [-0.2, -0.15) is 0 Å². The number of hydrogen-bond donors (Lipinski definition) is 1. The molecular formula is C17H17BrN2O3. The molecule has 2 rings (SSSR count). The number of nitro benzene ring substituents is 1. The Hall–Kier alpha value is -2.21.